The van der Waals surface area contributed by atoms with E-state index in [1.54, 1.807) is 0 Å². The largest absolute Gasteiger partial charge is 0.0651 e. The summed E-state index contributed by atoms with van der Waals surface area (Å²) in [7, 11) is 0. The van der Waals surface area contributed by atoms with Crippen molar-refractivity contribution >= 4 is 0 Å². The van der Waals surface area contributed by atoms with E-state index in [4.69, 9.17) is 0 Å². The lowest BCUT2D eigenvalue weighted by Crippen LogP contribution is -1.91. The molecule has 0 nitrogen and oxygen atoms in total. The van der Waals surface area contributed by atoms with Crippen LogP contribution in [-0.4, -0.2) is 0 Å². The summed E-state index contributed by atoms with van der Waals surface area (Å²) >= 11 is 0. The van der Waals surface area contributed by atoms with Gasteiger partial charge in [0.25, 0.3) is 0 Å². The van der Waals surface area contributed by atoms with Gasteiger partial charge in [0.05, 0.1) is 0 Å². The van der Waals surface area contributed by atoms with Crippen molar-refractivity contribution in [1.82, 2.24) is 0 Å². The third-order valence-electron chi connectivity index (χ3n) is 4.18. The standard InChI is InChI=1S/C18H38/c1-5-18(4)16-14-12-10-8-6-7-9-11-13-15-17(2)3/h17-18H,5-16H2,1-4H3. The lowest BCUT2D eigenvalue weighted by atomic mass is 9.99. The van der Waals surface area contributed by atoms with Crippen molar-refractivity contribution in [2.45, 2.75) is 105 Å². The van der Waals surface area contributed by atoms with Gasteiger partial charge in [0.15, 0.2) is 0 Å². The van der Waals surface area contributed by atoms with E-state index in [-0.39, 0.29) is 0 Å². The fraction of sp³-hybridized carbons (Fsp3) is 1.00. The van der Waals surface area contributed by atoms with Crippen LogP contribution in [-0.2, 0) is 0 Å². The number of rotatable bonds is 13. The highest BCUT2D eigenvalue weighted by Crippen LogP contribution is 2.15. The Morgan fingerprint density at radius 2 is 0.944 bits per heavy atom. The first-order valence-electron chi connectivity index (χ1n) is 8.66. The van der Waals surface area contributed by atoms with Crippen LogP contribution in [0, 0.1) is 11.8 Å². The summed E-state index contributed by atoms with van der Waals surface area (Å²) in [6, 6.07) is 0. The summed E-state index contributed by atoms with van der Waals surface area (Å²) in [6.07, 6.45) is 17.5. The molecule has 0 fully saturated rings. The molecule has 18 heavy (non-hydrogen) atoms. The second kappa shape index (κ2) is 13.4. The van der Waals surface area contributed by atoms with Crippen LogP contribution >= 0.6 is 0 Å². The summed E-state index contributed by atoms with van der Waals surface area (Å²) in [5.74, 6) is 1.85. The van der Waals surface area contributed by atoms with Gasteiger partial charge in [-0.3, -0.25) is 0 Å². The van der Waals surface area contributed by atoms with Crippen molar-refractivity contribution in [3.05, 3.63) is 0 Å². The monoisotopic (exact) mass is 254 g/mol. The summed E-state index contributed by atoms with van der Waals surface area (Å²) in [5, 5.41) is 0. The second-order valence-corrected chi connectivity index (χ2v) is 6.67. The quantitative estimate of drug-likeness (QED) is 0.311. The van der Waals surface area contributed by atoms with Gasteiger partial charge in [-0.1, -0.05) is 105 Å². The Morgan fingerprint density at radius 1 is 0.556 bits per heavy atom. The van der Waals surface area contributed by atoms with Crippen LogP contribution in [0.15, 0.2) is 0 Å². The molecule has 110 valence electrons. The lowest BCUT2D eigenvalue weighted by Gasteiger charge is -2.07. The summed E-state index contributed by atoms with van der Waals surface area (Å²) in [4.78, 5) is 0. The average Bonchev–Trinajstić information content (AvgIpc) is 2.35. The van der Waals surface area contributed by atoms with Gasteiger partial charge in [-0.2, -0.15) is 0 Å². The predicted molar refractivity (Wildman–Crippen MR) is 85.1 cm³/mol. The van der Waals surface area contributed by atoms with Crippen LogP contribution in [0.4, 0.5) is 0 Å². The minimum atomic E-state index is 0.899. The minimum Gasteiger partial charge on any atom is -0.0651 e. The first-order valence-corrected chi connectivity index (χ1v) is 8.66. The molecule has 0 heterocycles. The minimum absolute atomic E-state index is 0.899. The third-order valence-corrected chi connectivity index (χ3v) is 4.18. The molecule has 1 atom stereocenters. The maximum atomic E-state index is 2.39. The molecule has 0 N–H and O–H groups in total. The van der Waals surface area contributed by atoms with Crippen LogP contribution in [0.5, 0.6) is 0 Å². The van der Waals surface area contributed by atoms with Gasteiger partial charge in [-0.15, -0.1) is 0 Å². The van der Waals surface area contributed by atoms with E-state index in [2.05, 4.69) is 27.7 Å². The van der Waals surface area contributed by atoms with Gasteiger partial charge in [-0.05, 0) is 11.8 Å². The molecule has 0 aliphatic heterocycles. The molecule has 0 saturated heterocycles. The molecule has 0 amide bonds. The fourth-order valence-electron chi connectivity index (χ4n) is 2.49. The van der Waals surface area contributed by atoms with Gasteiger partial charge >= 0.3 is 0 Å². The Bertz CT molecular complexity index is 148. The Kier molecular flexibility index (Phi) is 13.4. The van der Waals surface area contributed by atoms with Gasteiger partial charge in [0, 0.05) is 0 Å². The van der Waals surface area contributed by atoms with Crippen LogP contribution < -0.4 is 0 Å². The summed E-state index contributed by atoms with van der Waals surface area (Å²) in [6.45, 7) is 9.36. The number of hydrogen-bond donors (Lipinski definition) is 0. The van der Waals surface area contributed by atoms with E-state index in [9.17, 15) is 0 Å². The molecule has 0 rings (SSSR count). The van der Waals surface area contributed by atoms with Gasteiger partial charge in [-0.25, -0.2) is 0 Å². The second-order valence-electron chi connectivity index (χ2n) is 6.67. The fourth-order valence-corrected chi connectivity index (χ4v) is 2.49. The highest BCUT2D eigenvalue weighted by atomic mass is 14.0. The Morgan fingerprint density at radius 3 is 1.33 bits per heavy atom. The molecule has 0 aliphatic rings. The van der Waals surface area contributed by atoms with Gasteiger partial charge < -0.3 is 0 Å². The number of unbranched alkanes of at least 4 members (excludes halogenated alkanes) is 8. The van der Waals surface area contributed by atoms with Gasteiger partial charge in [0.1, 0.15) is 0 Å². The molecule has 0 heteroatoms. The van der Waals surface area contributed by atoms with Crippen molar-refractivity contribution in [2.24, 2.45) is 11.8 Å². The van der Waals surface area contributed by atoms with E-state index >= 15 is 0 Å². The molecule has 0 saturated carbocycles. The Hall–Kier alpha value is 0. The Balaban J connectivity index is 2.99. The van der Waals surface area contributed by atoms with Crippen molar-refractivity contribution in [1.29, 1.82) is 0 Å². The highest BCUT2D eigenvalue weighted by molar-refractivity contribution is 4.52. The summed E-state index contributed by atoms with van der Waals surface area (Å²) in [5.41, 5.74) is 0. The maximum Gasteiger partial charge on any atom is -0.0445 e. The highest BCUT2D eigenvalue weighted by Gasteiger charge is 1.98. The third kappa shape index (κ3) is 14.1. The molecule has 0 aliphatic carbocycles. The lowest BCUT2D eigenvalue weighted by molar-refractivity contribution is 0.467. The molecule has 0 spiro atoms. The molecule has 1 unspecified atom stereocenters. The SMILES string of the molecule is CCC(C)CCCCCCCCCCCC(C)C. The van der Waals surface area contributed by atoms with Crippen LogP contribution in [0.3, 0.4) is 0 Å². The molecular formula is C18H38. The maximum absolute atomic E-state index is 2.39. The van der Waals surface area contributed by atoms with Crippen molar-refractivity contribution in [3.8, 4) is 0 Å². The first-order chi connectivity index (χ1) is 8.66. The topological polar surface area (TPSA) is 0 Å². The molecular weight excluding hydrogens is 216 g/mol. The zero-order valence-electron chi connectivity index (χ0n) is 13.6. The normalized spacial score (nSPS) is 13.2. The number of hydrogen-bond acceptors (Lipinski definition) is 0. The predicted octanol–water partition coefficient (Wildman–Crippen LogP) is 6.98. The zero-order valence-corrected chi connectivity index (χ0v) is 13.6. The van der Waals surface area contributed by atoms with E-state index in [0.29, 0.717) is 0 Å². The van der Waals surface area contributed by atoms with E-state index in [1.807, 2.05) is 0 Å². The van der Waals surface area contributed by atoms with E-state index < -0.39 is 0 Å². The molecule has 0 aromatic heterocycles. The van der Waals surface area contributed by atoms with Crippen LogP contribution in [0.1, 0.15) is 105 Å². The van der Waals surface area contributed by atoms with E-state index in [0.717, 1.165) is 11.8 Å². The van der Waals surface area contributed by atoms with Crippen molar-refractivity contribution < 1.29 is 0 Å². The smallest absolute Gasteiger partial charge is 0.0445 e. The van der Waals surface area contributed by atoms with Crippen LogP contribution in [0.2, 0.25) is 0 Å². The van der Waals surface area contributed by atoms with Crippen LogP contribution in [0.25, 0.3) is 0 Å². The zero-order chi connectivity index (χ0) is 13.6. The molecule has 0 bridgehead atoms. The van der Waals surface area contributed by atoms with Gasteiger partial charge in [0.2, 0.25) is 0 Å². The molecule has 0 aromatic carbocycles. The Labute approximate surface area is 117 Å². The molecule has 0 aromatic rings. The average molecular weight is 255 g/mol. The first kappa shape index (κ1) is 18.0. The molecule has 0 radical (unpaired) electrons. The van der Waals surface area contributed by atoms with Crippen molar-refractivity contribution in [2.75, 3.05) is 0 Å². The van der Waals surface area contributed by atoms with Crippen molar-refractivity contribution in [3.63, 3.8) is 0 Å². The van der Waals surface area contributed by atoms with E-state index in [1.165, 1.54) is 77.0 Å². The summed E-state index contributed by atoms with van der Waals surface area (Å²) < 4.78 is 0.